The Bertz CT molecular complexity index is 1860. The Morgan fingerprint density at radius 1 is 0.913 bits per heavy atom. The van der Waals surface area contributed by atoms with E-state index >= 15 is 0 Å². The van der Waals surface area contributed by atoms with Gasteiger partial charge in [-0.2, -0.15) is 0 Å². The molecule has 0 radical (unpaired) electrons. The van der Waals surface area contributed by atoms with E-state index in [4.69, 9.17) is 4.74 Å². The van der Waals surface area contributed by atoms with E-state index in [0.717, 1.165) is 9.37 Å². The maximum Gasteiger partial charge on any atom is 0.272 e. The molecule has 0 spiro atoms. The highest BCUT2D eigenvalue weighted by Gasteiger charge is 2.40. The van der Waals surface area contributed by atoms with Crippen LogP contribution in [-0.2, 0) is 14.4 Å². The van der Waals surface area contributed by atoms with Crippen LogP contribution in [0.15, 0.2) is 112 Å². The van der Waals surface area contributed by atoms with Crippen molar-refractivity contribution in [2.24, 2.45) is 0 Å². The number of carbonyl (C=O) groups is 5. The van der Waals surface area contributed by atoms with Crippen molar-refractivity contribution >= 4 is 74.6 Å². The number of thioether (sulfide) groups is 1. The number of ether oxygens (including phenoxy) is 1. The summed E-state index contributed by atoms with van der Waals surface area (Å²) in [5, 5.41) is 4.87. The second-order valence-electron chi connectivity index (χ2n) is 10.2. The first kappa shape index (κ1) is 32.4. The van der Waals surface area contributed by atoms with Crippen molar-refractivity contribution in [2.75, 3.05) is 17.3 Å². The molecule has 0 aliphatic carbocycles. The van der Waals surface area contributed by atoms with Crippen LogP contribution in [-0.4, -0.2) is 41.8 Å². The number of Topliss-reactive ketones (excluding diaryl/α,β-unsaturated/α-hetero) is 1. The van der Waals surface area contributed by atoms with E-state index in [1.54, 1.807) is 97.1 Å². The second-order valence-corrected chi connectivity index (χ2v) is 12.4. The first-order valence-electron chi connectivity index (χ1n) is 14.1. The summed E-state index contributed by atoms with van der Waals surface area (Å²) in [5.41, 5.74) is 2.23. The number of hydrogen-bond acceptors (Lipinski definition) is 7. The van der Waals surface area contributed by atoms with Gasteiger partial charge < -0.3 is 15.4 Å². The maximum atomic E-state index is 13.6. The number of nitrogens with one attached hydrogen (secondary N) is 2. The number of halogens is 1. The lowest BCUT2D eigenvalue weighted by Crippen LogP contribution is -2.31. The Morgan fingerprint density at radius 2 is 1.65 bits per heavy atom. The van der Waals surface area contributed by atoms with E-state index in [2.05, 4.69) is 26.6 Å². The van der Waals surface area contributed by atoms with E-state index in [1.807, 2.05) is 0 Å². The van der Waals surface area contributed by atoms with E-state index in [-0.39, 0.29) is 29.7 Å². The van der Waals surface area contributed by atoms with Crippen LogP contribution < -0.4 is 20.3 Å². The molecule has 1 atom stereocenters. The standard InChI is InChI=1S/C35H28BrN3O6S/c1-21(40)22-11-14-27(15-12-22)39-32(41)20-31(35(39)44)46-28-10-6-9-26(19-28)37-34(43)29(38-33(42)23-7-4-3-5-8-23)18-24-17-25(36)13-16-30(24)45-2/h3-19,31H,20H2,1-2H3,(H,37,43)(H,38,42)/b29-18-. The van der Waals surface area contributed by atoms with Crippen molar-refractivity contribution in [3.8, 4) is 5.75 Å². The number of imide groups is 1. The van der Waals surface area contributed by atoms with Gasteiger partial charge in [0.15, 0.2) is 5.78 Å². The van der Waals surface area contributed by atoms with Crippen molar-refractivity contribution in [3.63, 3.8) is 0 Å². The minimum absolute atomic E-state index is 0.00141. The highest BCUT2D eigenvalue weighted by atomic mass is 79.9. The third-order valence-corrected chi connectivity index (χ3v) is 8.70. The van der Waals surface area contributed by atoms with Crippen LogP contribution in [0.4, 0.5) is 11.4 Å². The fourth-order valence-electron chi connectivity index (χ4n) is 4.74. The third-order valence-electron chi connectivity index (χ3n) is 7.03. The normalized spacial score (nSPS) is 14.6. The molecule has 1 fully saturated rings. The van der Waals surface area contributed by atoms with Gasteiger partial charge in [0.2, 0.25) is 11.8 Å². The summed E-state index contributed by atoms with van der Waals surface area (Å²) < 4.78 is 6.21. The molecule has 9 nitrogen and oxygen atoms in total. The average molecular weight is 699 g/mol. The van der Waals surface area contributed by atoms with Gasteiger partial charge in [-0.25, -0.2) is 4.90 Å². The summed E-state index contributed by atoms with van der Waals surface area (Å²) in [4.78, 5) is 66.1. The highest BCUT2D eigenvalue weighted by molar-refractivity contribution is 9.10. The molecule has 11 heteroatoms. The molecule has 0 saturated carbocycles. The number of carbonyl (C=O) groups excluding carboxylic acids is 5. The van der Waals surface area contributed by atoms with Crippen LogP contribution in [0.1, 0.15) is 39.6 Å². The smallest absolute Gasteiger partial charge is 0.272 e. The number of hydrogen-bond donors (Lipinski definition) is 2. The molecule has 0 bridgehead atoms. The molecule has 5 rings (SSSR count). The number of rotatable bonds is 10. The van der Waals surface area contributed by atoms with Crippen molar-refractivity contribution in [2.45, 2.75) is 23.5 Å². The Kier molecular flexibility index (Phi) is 10.1. The number of benzene rings is 4. The highest BCUT2D eigenvalue weighted by Crippen LogP contribution is 2.35. The lowest BCUT2D eigenvalue weighted by molar-refractivity contribution is -0.121. The minimum atomic E-state index is -0.671. The van der Waals surface area contributed by atoms with Crippen LogP contribution in [0.2, 0.25) is 0 Å². The molecule has 1 heterocycles. The molecular weight excluding hydrogens is 670 g/mol. The van der Waals surface area contributed by atoms with Crippen LogP contribution in [0.3, 0.4) is 0 Å². The van der Waals surface area contributed by atoms with Gasteiger partial charge in [-0.05, 0) is 85.8 Å². The Balaban J connectivity index is 1.35. The van der Waals surface area contributed by atoms with Crippen molar-refractivity contribution in [3.05, 3.63) is 124 Å². The summed E-state index contributed by atoms with van der Waals surface area (Å²) in [7, 11) is 1.51. The minimum Gasteiger partial charge on any atom is -0.496 e. The summed E-state index contributed by atoms with van der Waals surface area (Å²) >= 11 is 4.65. The lowest BCUT2D eigenvalue weighted by atomic mass is 10.1. The Labute approximate surface area is 278 Å². The van der Waals surface area contributed by atoms with Crippen LogP contribution in [0.5, 0.6) is 5.75 Å². The Morgan fingerprint density at radius 3 is 2.35 bits per heavy atom. The zero-order chi connectivity index (χ0) is 32.8. The summed E-state index contributed by atoms with van der Waals surface area (Å²) in [6.45, 7) is 1.45. The SMILES string of the molecule is COc1ccc(Br)cc1/C=C(\NC(=O)c1ccccc1)C(=O)Nc1cccc(SC2CC(=O)N(c3ccc(C(C)=O)cc3)C2=O)c1. The van der Waals surface area contributed by atoms with Gasteiger partial charge in [0.25, 0.3) is 11.8 Å². The maximum absolute atomic E-state index is 13.6. The third kappa shape index (κ3) is 7.61. The molecule has 4 amide bonds. The van der Waals surface area contributed by atoms with Gasteiger partial charge >= 0.3 is 0 Å². The van der Waals surface area contributed by atoms with Crippen LogP contribution in [0, 0.1) is 0 Å². The van der Waals surface area contributed by atoms with E-state index in [0.29, 0.717) is 38.7 Å². The molecule has 1 aliphatic heterocycles. The van der Waals surface area contributed by atoms with Crippen molar-refractivity contribution in [1.82, 2.24) is 5.32 Å². The van der Waals surface area contributed by atoms with E-state index in [9.17, 15) is 24.0 Å². The molecular formula is C35H28BrN3O6S. The van der Waals surface area contributed by atoms with Crippen LogP contribution >= 0.6 is 27.7 Å². The molecule has 46 heavy (non-hydrogen) atoms. The number of ketones is 1. The van der Waals surface area contributed by atoms with Gasteiger partial charge in [0.05, 0.1) is 18.0 Å². The predicted molar refractivity (Wildman–Crippen MR) is 181 cm³/mol. The summed E-state index contributed by atoms with van der Waals surface area (Å²) in [5.74, 6) is -1.36. The topological polar surface area (TPSA) is 122 Å². The monoisotopic (exact) mass is 697 g/mol. The molecule has 4 aromatic rings. The quantitative estimate of drug-likeness (QED) is 0.110. The first-order chi connectivity index (χ1) is 22.1. The number of anilines is 2. The molecule has 1 saturated heterocycles. The molecule has 4 aromatic carbocycles. The van der Waals surface area contributed by atoms with Gasteiger partial charge in [0, 0.05) is 38.2 Å². The zero-order valence-corrected chi connectivity index (χ0v) is 27.2. The second kappa shape index (κ2) is 14.4. The molecule has 2 N–H and O–H groups in total. The van der Waals surface area contributed by atoms with Gasteiger partial charge in [0.1, 0.15) is 11.4 Å². The number of methoxy groups -OCH3 is 1. The summed E-state index contributed by atoms with van der Waals surface area (Å²) in [6.07, 6.45) is 1.53. The zero-order valence-electron chi connectivity index (χ0n) is 24.8. The van der Waals surface area contributed by atoms with E-state index in [1.165, 1.54) is 31.9 Å². The Hall–Kier alpha value is -5.00. The number of nitrogens with zero attached hydrogens (tertiary/aromatic N) is 1. The summed E-state index contributed by atoms with van der Waals surface area (Å²) in [6, 6.07) is 27.0. The van der Waals surface area contributed by atoms with E-state index < -0.39 is 17.1 Å². The number of amides is 4. The molecule has 1 unspecified atom stereocenters. The lowest BCUT2D eigenvalue weighted by Gasteiger charge is -2.15. The fraction of sp³-hybridized carbons (Fsp3) is 0.114. The first-order valence-corrected chi connectivity index (χ1v) is 15.8. The fourth-order valence-corrected chi connectivity index (χ4v) is 6.23. The van der Waals surface area contributed by atoms with Gasteiger partial charge in [-0.15, -0.1) is 11.8 Å². The average Bonchev–Trinajstić information content (AvgIpc) is 3.32. The van der Waals surface area contributed by atoms with Gasteiger partial charge in [-0.3, -0.25) is 24.0 Å². The largest absolute Gasteiger partial charge is 0.496 e. The molecule has 232 valence electrons. The molecule has 1 aliphatic rings. The predicted octanol–water partition coefficient (Wildman–Crippen LogP) is 6.49. The molecule has 0 aromatic heterocycles. The van der Waals surface area contributed by atoms with Gasteiger partial charge in [-0.1, -0.05) is 40.2 Å². The van der Waals surface area contributed by atoms with Crippen molar-refractivity contribution < 1.29 is 28.7 Å². The van der Waals surface area contributed by atoms with Crippen LogP contribution in [0.25, 0.3) is 6.08 Å². The van der Waals surface area contributed by atoms with Crippen molar-refractivity contribution in [1.29, 1.82) is 0 Å².